The average molecular weight is 339 g/mol. The monoisotopic (exact) mass is 338 g/mol. The van der Waals surface area contributed by atoms with Gasteiger partial charge < -0.3 is 4.74 Å². The number of hydrogen-bond donors (Lipinski definition) is 0. The van der Waals surface area contributed by atoms with Gasteiger partial charge in [0.15, 0.2) is 0 Å². The molecule has 0 heterocycles. The van der Waals surface area contributed by atoms with Gasteiger partial charge in [-0.2, -0.15) is 0 Å². The van der Waals surface area contributed by atoms with E-state index >= 15 is 0 Å². The van der Waals surface area contributed by atoms with E-state index in [4.69, 9.17) is 4.74 Å². The molecule has 0 spiro atoms. The predicted octanol–water partition coefficient (Wildman–Crippen LogP) is 5.79. The zero-order valence-electron chi connectivity index (χ0n) is 11.7. The van der Waals surface area contributed by atoms with Crippen molar-refractivity contribution in [3.63, 3.8) is 0 Å². The molecule has 0 aliphatic carbocycles. The van der Waals surface area contributed by atoms with Crippen LogP contribution in [0.4, 0.5) is 0 Å². The van der Waals surface area contributed by atoms with Gasteiger partial charge in [-0.3, -0.25) is 0 Å². The van der Waals surface area contributed by atoms with Gasteiger partial charge in [-0.25, -0.2) is 0 Å². The zero-order chi connectivity index (χ0) is 14.7. The topological polar surface area (TPSA) is 9.23 Å². The number of methoxy groups -OCH3 is 1. The van der Waals surface area contributed by atoms with Gasteiger partial charge in [0, 0.05) is 5.56 Å². The lowest BCUT2D eigenvalue weighted by molar-refractivity contribution is 0.414. The Morgan fingerprint density at radius 1 is 0.714 bits per heavy atom. The fraction of sp³-hybridized carbons (Fsp3) is 0.0526. The molecule has 2 heteroatoms. The van der Waals surface area contributed by atoms with Crippen molar-refractivity contribution in [3.05, 3.63) is 77.3 Å². The van der Waals surface area contributed by atoms with Gasteiger partial charge in [0.1, 0.15) is 5.75 Å². The van der Waals surface area contributed by atoms with Crippen LogP contribution >= 0.6 is 15.9 Å². The van der Waals surface area contributed by atoms with Crippen LogP contribution < -0.4 is 4.74 Å². The number of ether oxygens (including phenoxy) is 1. The van der Waals surface area contributed by atoms with Gasteiger partial charge in [-0.15, -0.1) is 0 Å². The Balaban J connectivity index is 2.21. The van der Waals surface area contributed by atoms with Crippen LogP contribution in [-0.4, -0.2) is 7.11 Å². The summed E-state index contributed by atoms with van der Waals surface area (Å²) < 4.78 is 6.54. The molecule has 0 amide bonds. The van der Waals surface area contributed by atoms with Crippen LogP contribution in [0.25, 0.3) is 22.3 Å². The zero-order valence-corrected chi connectivity index (χ0v) is 13.3. The standard InChI is InChI=1S/C19H15BrO/c1-21-19-17(15-10-6-3-7-11-15)12-16(13-18(19)20)14-8-4-2-5-9-14/h2-13H,1H3. The lowest BCUT2D eigenvalue weighted by atomic mass is 9.98. The molecule has 104 valence electrons. The molecule has 0 aliphatic heterocycles. The molecule has 3 aromatic carbocycles. The highest BCUT2D eigenvalue weighted by Crippen LogP contribution is 2.40. The summed E-state index contributed by atoms with van der Waals surface area (Å²) in [7, 11) is 1.70. The summed E-state index contributed by atoms with van der Waals surface area (Å²) in [6.45, 7) is 0. The summed E-state index contributed by atoms with van der Waals surface area (Å²) in [5.74, 6) is 0.862. The van der Waals surface area contributed by atoms with Gasteiger partial charge in [0.2, 0.25) is 0 Å². The van der Waals surface area contributed by atoms with Crippen LogP contribution in [0.3, 0.4) is 0 Å². The SMILES string of the molecule is COc1c(Br)cc(-c2ccccc2)cc1-c1ccccc1. The third kappa shape index (κ3) is 2.86. The van der Waals surface area contributed by atoms with E-state index in [-0.39, 0.29) is 0 Å². The quantitative estimate of drug-likeness (QED) is 0.587. The third-order valence-corrected chi connectivity index (χ3v) is 4.03. The second-order valence-corrected chi connectivity index (χ2v) is 5.63. The summed E-state index contributed by atoms with van der Waals surface area (Å²) in [6, 6.07) is 24.9. The van der Waals surface area contributed by atoms with E-state index in [1.165, 1.54) is 11.1 Å². The minimum atomic E-state index is 0.862. The number of hydrogen-bond acceptors (Lipinski definition) is 1. The molecule has 3 rings (SSSR count). The molecule has 0 saturated heterocycles. The van der Waals surface area contributed by atoms with Crippen molar-refractivity contribution in [3.8, 4) is 28.0 Å². The molecule has 0 unspecified atom stereocenters. The molecule has 0 N–H and O–H groups in total. The summed E-state index contributed by atoms with van der Waals surface area (Å²) in [5, 5.41) is 0. The van der Waals surface area contributed by atoms with Crippen molar-refractivity contribution in [1.82, 2.24) is 0 Å². The van der Waals surface area contributed by atoms with Gasteiger partial charge in [0.25, 0.3) is 0 Å². The van der Waals surface area contributed by atoms with E-state index in [2.05, 4.69) is 64.5 Å². The maximum atomic E-state index is 5.57. The van der Waals surface area contributed by atoms with Crippen molar-refractivity contribution >= 4 is 15.9 Å². The van der Waals surface area contributed by atoms with E-state index in [9.17, 15) is 0 Å². The highest BCUT2D eigenvalue weighted by Gasteiger charge is 2.12. The summed E-state index contributed by atoms with van der Waals surface area (Å²) in [6.07, 6.45) is 0. The Hall–Kier alpha value is -2.06. The third-order valence-electron chi connectivity index (χ3n) is 3.44. The van der Waals surface area contributed by atoms with Gasteiger partial charge >= 0.3 is 0 Å². The summed E-state index contributed by atoms with van der Waals surface area (Å²) in [4.78, 5) is 0. The molecule has 1 nitrogen and oxygen atoms in total. The maximum absolute atomic E-state index is 5.57. The van der Waals surface area contributed by atoms with Crippen molar-refractivity contribution in [2.24, 2.45) is 0 Å². The molecular formula is C19H15BrO. The van der Waals surface area contributed by atoms with Crippen LogP contribution in [0.1, 0.15) is 0 Å². The minimum Gasteiger partial charge on any atom is -0.495 e. The lowest BCUT2D eigenvalue weighted by Gasteiger charge is -2.13. The summed E-state index contributed by atoms with van der Waals surface area (Å²) in [5.41, 5.74) is 4.60. The Bertz CT molecular complexity index is 736. The van der Waals surface area contributed by atoms with Crippen LogP contribution in [-0.2, 0) is 0 Å². The number of rotatable bonds is 3. The Morgan fingerprint density at radius 2 is 1.29 bits per heavy atom. The maximum Gasteiger partial charge on any atom is 0.140 e. The second-order valence-electron chi connectivity index (χ2n) is 4.77. The molecule has 0 atom stereocenters. The predicted molar refractivity (Wildman–Crippen MR) is 91.6 cm³/mol. The van der Waals surface area contributed by atoms with Crippen molar-refractivity contribution in [2.45, 2.75) is 0 Å². The molecular weight excluding hydrogens is 324 g/mol. The van der Waals surface area contributed by atoms with Crippen molar-refractivity contribution in [2.75, 3.05) is 7.11 Å². The fourth-order valence-electron chi connectivity index (χ4n) is 2.43. The number of benzene rings is 3. The Kier molecular flexibility index (Phi) is 4.07. The van der Waals surface area contributed by atoms with Crippen LogP contribution in [0.15, 0.2) is 77.3 Å². The smallest absolute Gasteiger partial charge is 0.140 e. The Morgan fingerprint density at radius 3 is 1.86 bits per heavy atom. The van der Waals surface area contributed by atoms with Crippen LogP contribution in [0, 0.1) is 0 Å². The van der Waals surface area contributed by atoms with E-state index in [1.54, 1.807) is 7.11 Å². The Labute approximate surface area is 133 Å². The average Bonchev–Trinajstić information content (AvgIpc) is 2.55. The molecule has 0 bridgehead atoms. The molecule has 0 aliphatic rings. The number of halogens is 1. The molecule has 0 radical (unpaired) electrons. The molecule has 0 saturated carbocycles. The normalized spacial score (nSPS) is 10.4. The first-order valence-electron chi connectivity index (χ1n) is 6.78. The molecule has 21 heavy (non-hydrogen) atoms. The fourth-order valence-corrected chi connectivity index (χ4v) is 3.05. The van der Waals surface area contributed by atoms with E-state index in [0.29, 0.717) is 0 Å². The first kappa shape index (κ1) is 13.9. The van der Waals surface area contributed by atoms with Crippen LogP contribution in [0.2, 0.25) is 0 Å². The highest BCUT2D eigenvalue weighted by atomic mass is 79.9. The van der Waals surface area contributed by atoms with Gasteiger partial charge in [0.05, 0.1) is 11.6 Å². The van der Waals surface area contributed by atoms with Crippen molar-refractivity contribution in [1.29, 1.82) is 0 Å². The van der Waals surface area contributed by atoms with E-state index in [0.717, 1.165) is 21.3 Å². The van der Waals surface area contributed by atoms with Gasteiger partial charge in [-0.1, -0.05) is 60.7 Å². The lowest BCUT2D eigenvalue weighted by Crippen LogP contribution is -1.91. The molecule has 0 aromatic heterocycles. The van der Waals surface area contributed by atoms with Crippen LogP contribution in [0.5, 0.6) is 5.75 Å². The largest absolute Gasteiger partial charge is 0.495 e. The first-order valence-corrected chi connectivity index (χ1v) is 7.57. The molecule has 3 aromatic rings. The molecule has 0 fully saturated rings. The van der Waals surface area contributed by atoms with E-state index in [1.807, 2.05) is 24.3 Å². The minimum absolute atomic E-state index is 0.862. The summed E-state index contributed by atoms with van der Waals surface area (Å²) >= 11 is 3.63. The highest BCUT2D eigenvalue weighted by molar-refractivity contribution is 9.10. The van der Waals surface area contributed by atoms with Gasteiger partial charge in [-0.05, 0) is 44.8 Å². The van der Waals surface area contributed by atoms with E-state index < -0.39 is 0 Å². The second kappa shape index (κ2) is 6.15. The first-order chi connectivity index (χ1) is 10.3. The van der Waals surface area contributed by atoms with Crippen molar-refractivity contribution < 1.29 is 4.74 Å².